The molecule has 0 amide bonds. The predicted molar refractivity (Wildman–Crippen MR) is 36.6 cm³/mol. The zero-order valence-electron chi connectivity index (χ0n) is 5.42. The van der Waals surface area contributed by atoms with E-state index in [9.17, 15) is 0 Å². The fourth-order valence-corrected chi connectivity index (χ4v) is 0.217. The van der Waals surface area contributed by atoms with Crippen molar-refractivity contribution in [1.29, 1.82) is 0 Å². The fraction of sp³-hybridized carbons (Fsp3) is 0.400. The molecule has 0 aliphatic heterocycles. The molecule has 4 N–H and O–H groups in total. The van der Waals surface area contributed by atoms with Crippen LogP contribution in [0.15, 0.2) is 17.3 Å². The molecule has 0 heterocycles. The molecular formula is C5H11N3O. The van der Waals surface area contributed by atoms with E-state index in [0.29, 0.717) is 6.61 Å². The average molecular weight is 129 g/mol. The van der Waals surface area contributed by atoms with Crippen LogP contribution in [0, 0.1) is 0 Å². The van der Waals surface area contributed by atoms with Crippen molar-refractivity contribution >= 4 is 5.96 Å². The lowest BCUT2D eigenvalue weighted by Gasteiger charge is -1.95. The van der Waals surface area contributed by atoms with Gasteiger partial charge in [-0.3, -0.25) is 0 Å². The minimum Gasteiger partial charge on any atom is -0.388 e. The molecule has 0 aromatic rings. The highest BCUT2D eigenvalue weighted by molar-refractivity contribution is 5.74. The molecule has 0 aromatic carbocycles. The molecule has 4 heteroatoms. The van der Waals surface area contributed by atoms with E-state index in [0.717, 1.165) is 5.57 Å². The van der Waals surface area contributed by atoms with E-state index in [1.807, 2.05) is 6.92 Å². The molecule has 0 unspecified atom stereocenters. The maximum absolute atomic E-state index is 4.95. The number of nitrogens with two attached hydrogens (primary N) is 2. The van der Waals surface area contributed by atoms with Gasteiger partial charge in [-0.25, -0.2) is 0 Å². The van der Waals surface area contributed by atoms with E-state index in [4.69, 9.17) is 11.5 Å². The Morgan fingerprint density at radius 1 is 1.67 bits per heavy atom. The van der Waals surface area contributed by atoms with Crippen molar-refractivity contribution in [2.75, 3.05) is 6.61 Å². The van der Waals surface area contributed by atoms with Crippen molar-refractivity contribution < 1.29 is 4.84 Å². The van der Waals surface area contributed by atoms with Gasteiger partial charge in [0.25, 0.3) is 0 Å². The quantitative estimate of drug-likeness (QED) is 0.239. The molecule has 0 spiro atoms. The van der Waals surface area contributed by atoms with E-state index >= 15 is 0 Å². The largest absolute Gasteiger partial charge is 0.388 e. The number of hydrogen-bond acceptors (Lipinski definition) is 2. The SMILES string of the molecule is C=C(C)CON=C(N)N. The van der Waals surface area contributed by atoms with E-state index in [2.05, 4.69) is 16.6 Å². The van der Waals surface area contributed by atoms with Crippen molar-refractivity contribution in [2.24, 2.45) is 16.6 Å². The van der Waals surface area contributed by atoms with Gasteiger partial charge in [-0.2, -0.15) is 0 Å². The summed E-state index contributed by atoms with van der Waals surface area (Å²) >= 11 is 0. The molecule has 0 saturated heterocycles. The van der Waals surface area contributed by atoms with Crippen LogP contribution in [-0.4, -0.2) is 12.6 Å². The first-order chi connectivity index (χ1) is 4.13. The van der Waals surface area contributed by atoms with Gasteiger partial charge < -0.3 is 16.3 Å². The lowest BCUT2D eigenvalue weighted by Crippen LogP contribution is -2.22. The van der Waals surface area contributed by atoms with Crippen LogP contribution >= 0.6 is 0 Å². The zero-order chi connectivity index (χ0) is 7.28. The number of oxime groups is 1. The predicted octanol–water partition coefficient (Wildman–Crippen LogP) is -0.233. The summed E-state index contributed by atoms with van der Waals surface area (Å²) in [7, 11) is 0. The Hall–Kier alpha value is -1.19. The number of hydrogen-bond donors (Lipinski definition) is 2. The second-order valence-electron chi connectivity index (χ2n) is 1.75. The minimum absolute atomic E-state index is 0.0729. The third-order valence-corrected chi connectivity index (χ3v) is 0.481. The Bertz CT molecular complexity index is 126. The molecular weight excluding hydrogens is 118 g/mol. The lowest BCUT2D eigenvalue weighted by atomic mass is 10.4. The third kappa shape index (κ3) is 6.81. The molecule has 0 saturated carbocycles. The van der Waals surface area contributed by atoms with Gasteiger partial charge >= 0.3 is 0 Å². The smallest absolute Gasteiger partial charge is 0.228 e. The van der Waals surface area contributed by atoms with E-state index in [1.165, 1.54) is 0 Å². The summed E-state index contributed by atoms with van der Waals surface area (Å²) in [6.45, 7) is 5.76. The van der Waals surface area contributed by atoms with E-state index in [-0.39, 0.29) is 5.96 Å². The molecule has 0 aliphatic rings. The van der Waals surface area contributed by atoms with Crippen molar-refractivity contribution in [1.82, 2.24) is 0 Å². The van der Waals surface area contributed by atoms with Gasteiger partial charge in [0.15, 0.2) is 0 Å². The van der Waals surface area contributed by atoms with Crippen LogP contribution in [0.25, 0.3) is 0 Å². The number of guanidine groups is 1. The first kappa shape index (κ1) is 7.81. The summed E-state index contributed by atoms with van der Waals surface area (Å²) in [4.78, 5) is 4.59. The second kappa shape index (κ2) is 3.77. The molecule has 0 bridgehead atoms. The van der Waals surface area contributed by atoms with Crippen molar-refractivity contribution in [2.45, 2.75) is 6.92 Å². The Morgan fingerprint density at radius 3 is 2.56 bits per heavy atom. The average Bonchev–Trinajstić information content (AvgIpc) is 1.63. The second-order valence-corrected chi connectivity index (χ2v) is 1.75. The Kier molecular flexibility index (Phi) is 3.27. The normalized spacial score (nSPS) is 8.11. The molecule has 4 nitrogen and oxygen atoms in total. The monoisotopic (exact) mass is 129 g/mol. The van der Waals surface area contributed by atoms with Gasteiger partial charge in [-0.1, -0.05) is 6.58 Å². The summed E-state index contributed by atoms with van der Waals surface area (Å²) < 4.78 is 0. The van der Waals surface area contributed by atoms with Gasteiger partial charge in [0.2, 0.25) is 5.96 Å². The molecule has 0 aliphatic carbocycles. The van der Waals surface area contributed by atoms with Crippen molar-refractivity contribution in [3.8, 4) is 0 Å². The Labute approximate surface area is 54.2 Å². The van der Waals surface area contributed by atoms with Crippen LogP contribution in [0.3, 0.4) is 0 Å². The maximum Gasteiger partial charge on any atom is 0.228 e. The first-order valence-corrected chi connectivity index (χ1v) is 2.48. The molecule has 0 atom stereocenters. The van der Waals surface area contributed by atoms with Crippen LogP contribution < -0.4 is 11.5 Å². The van der Waals surface area contributed by atoms with Gasteiger partial charge in [0, 0.05) is 0 Å². The molecule has 52 valence electrons. The standard InChI is InChI=1S/C5H11N3O/c1-4(2)3-9-8-5(6)7/h1,3H2,2H3,(H4,6,7,8). The molecule has 0 radical (unpaired) electrons. The highest BCUT2D eigenvalue weighted by Crippen LogP contribution is 1.86. The zero-order valence-corrected chi connectivity index (χ0v) is 5.42. The van der Waals surface area contributed by atoms with Gasteiger partial charge in [-0.15, -0.1) is 0 Å². The van der Waals surface area contributed by atoms with Gasteiger partial charge in [0.1, 0.15) is 6.61 Å². The highest BCUT2D eigenvalue weighted by atomic mass is 16.6. The van der Waals surface area contributed by atoms with Gasteiger partial charge in [0.05, 0.1) is 0 Å². The fourth-order valence-electron chi connectivity index (χ4n) is 0.217. The van der Waals surface area contributed by atoms with Crippen LogP contribution in [-0.2, 0) is 4.84 Å². The summed E-state index contributed by atoms with van der Waals surface area (Å²) in [6.07, 6.45) is 0. The van der Waals surface area contributed by atoms with E-state index < -0.39 is 0 Å². The first-order valence-electron chi connectivity index (χ1n) is 2.48. The van der Waals surface area contributed by atoms with Crippen LogP contribution in [0.2, 0.25) is 0 Å². The topological polar surface area (TPSA) is 73.6 Å². The summed E-state index contributed by atoms with van der Waals surface area (Å²) in [6, 6.07) is 0. The molecule has 0 fully saturated rings. The van der Waals surface area contributed by atoms with Crippen LogP contribution in [0.5, 0.6) is 0 Å². The van der Waals surface area contributed by atoms with Crippen LogP contribution in [0.4, 0.5) is 0 Å². The highest BCUT2D eigenvalue weighted by Gasteiger charge is 1.83. The summed E-state index contributed by atoms with van der Waals surface area (Å²) in [5.41, 5.74) is 10.8. The summed E-state index contributed by atoms with van der Waals surface area (Å²) in [5.74, 6) is -0.0729. The molecule has 9 heavy (non-hydrogen) atoms. The maximum atomic E-state index is 4.95. The third-order valence-electron chi connectivity index (χ3n) is 0.481. The van der Waals surface area contributed by atoms with E-state index in [1.54, 1.807) is 0 Å². The number of nitrogens with zero attached hydrogens (tertiary/aromatic N) is 1. The lowest BCUT2D eigenvalue weighted by molar-refractivity contribution is 0.167. The van der Waals surface area contributed by atoms with Crippen molar-refractivity contribution in [3.63, 3.8) is 0 Å². The Morgan fingerprint density at radius 2 is 2.22 bits per heavy atom. The molecule has 0 rings (SSSR count). The summed E-state index contributed by atoms with van der Waals surface area (Å²) in [5, 5.41) is 3.28. The van der Waals surface area contributed by atoms with Gasteiger partial charge in [-0.05, 0) is 17.7 Å². The minimum atomic E-state index is -0.0729. The van der Waals surface area contributed by atoms with Crippen LogP contribution in [0.1, 0.15) is 6.92 Å². The Balaban J connectivity index is 3.31. The number of rotatable bonds is 3. The molecule has 0 aromatic heterocycles. The van der Waals surface area contributed by atoms with Crippen molar-refractivity contribution in [3.05, 3.63) is 12.2 Å².